The second kappa shape index (κ2) is 8.13. The molecule has 0 aliphatic carbocycles. The van der Waals surface area contributed by atoms with Gasteiger partial charge in [0.15, 0.2) is 0 Å². The summed E-state index contributed by atoms with van der Waals surface area (Å²) in [5, 5.41) is 0. The number of carbonyl (C=O) groups is 2. The minimum absolute atomic E-state index is 0.370. The van der Waals surface area contributed by atoms with Crippen molar-refractivity contribution in [2.24, 2.45) is 0 Å². The van der Waals surface area contributed by atoms with Crippen molar-refractivity contribution in [1.29, 1.82) is 0 Å². The molecule has 2 aromatic carbocycles. The van der Waals surface area contributed by atoms with Crippen LogP contribution in [-0.4, -0.2) is 11.9 Å². The number of hydrogen-bond donors (Lipinski definition) is 0. The SMILES string of the molecule is CC[C@H](OC(=O)[C@@H](OC(C)=O)c1ccccc1)c1ccccc1. The van der Waals surface area contributed by atoms with Gasteiger partial charge in [-0.05, 0) is 12.0 Å². The first-order chi connectivity index (χ1) is 11.1. The van der Waals surface area contributed by atoms with Crippen LogP contribution in [0.25, 0.3) is 0 Å². The lowest BCUT2D eigenvalue weighted by atomic mass is 10.1. The Labute approximate surface area is 136 Å². The fourth-order valence-corrected chi connectivity index (χ4v) is 2.30. The highest BCUT2D eigenvalue weighted by Gasteiger charge is 2.28. The van der Waals surface area contributed by atoms with E-state index in [-0.39, 0.29) is 6.10 Å². The summed E-state index contributed by atoms with van der Waals surface area (Å²) in [5.74, 6) is -1.09. The van der Waals surface area contributed by atoms with E-state index < -0.39 is 18.0 Å². The third-order valence-corrected chi connectivity index (χ3v) is 3.40. The Kier molecular flexibility index (Phi) is 5.92. The molecular formula is C19H20O4. The molecule has 120 valence electrons. The molecule has 0 spiro atoms. The highest BCUT2D eigenvalue weighted by molar-refractivity contribution is 5.80. The molecular weight excluding hydrogens is 292 g/mol. The third kappa shape index (κ3) is 4.68. The van der Waals surface area contributed by atoms with E-state index in [0.717, 1.165) is 5.56 Å². The molecule has 0 fully saturated rings. The summed E-state index contributed by atoms with van der Waals surface area (Å²) in [6.45, 7) is 3.21. The van der Waals surface area contributed by atoms with Crippen LogP contribution in [0.3, 0.4) is 0 Å². The molecule has 4 heteroatoms. The maximum Gasteiger partial charge on any atom is 0.352 e. The van der Waals surface area contributed by atoms with Crippen LogP contribution >= 0.6 is 0 Å². The van der Waals surface area contributed by atoms with Crippen LogP contribution in [-0.2, 0) is 19.1 Å². The van der Waals surface area contributed by atoms with Crippen molar-refractivity contribution >= 4 is 11.9 Å². The standard InChI is InChI=1S/C19H20O4/c1-3-17(15-10-6-4-7-11-15)23-19(21)18(22-14(2)20)16-12-8-5-9-13-16/h4-13,17-18H,3H2,1-2H3/t17-,18-/m0/s1. The minimum Gasteiger partial charge on any atom is -0.454 e. The molecule has 2 rings (SSSR count). The summed E-state index contributed by atoms with van der Waals surface area (Å²) in [7, 11) is 0. The van der Waals surface area contributed by atoms with Crippen LogP contribution < -0.4 is 0 Å². The van der Waals surface area contributed by atoms with Gasteiger partial charge < -0.3 is 9.47 Å². The summed E-state index contributed by atoms with van der Waals surface area (Å²) in [6, 6.07) is 18.4. The second-order valence-corrected chi connectivity index (χ2v) is 5.14. The van der Waals surface area contributed by atoms with E-state index in [9.17, 15) is 9.59 Å². The average Bonchev–Trinajstić information content (AvgIpc) is 2.58. The third-order valence-electron chi connectivity index (χ3n) is 3.40. The van der Waals surface area contributed by atoms with E-state index in [4.69, 9.17) is 9.47 Å². The maximum absolute atomic E-state index is 12.5. The van der Waals surface area contributed by atoms with Gasteiger partial charge in [-0.1, -0.05) is 67.6 Å². The van der Waals surface area contributed by atoms with Gasteiger partial charge in [-0.2, -0.15) is 0 Å². The van der Waals surface area contributed by atoms with Crippen LogP contribution in [0, 0.1) is 0 Å². The van der Waals surface area contributed by atoms with Gasteiger partial charge in [-0.3, -0.25) is 4.79 Å². The highest BCUT2D eigenvalue weighted by atomic mass is 16.6. The average molecular weight is 312 g/mol. The van der Waals surface area contributed by atoms with E-state index in [1.54, 1.807) is 24.3 Å². The molecule has 0 amide bonds. The number of esters is 2. The van der Waals surface area contributed by atoms with Gasteiger partial charge in [0.05, 0.1) is 0 Å². The van der Waals surface area contributed by atoms with Crippen molar-refractivity contribution in [2.75, 3.05) is 0 Å². The molecule has 2 aromatic rings. The fraction of sp³-hybridized carbons (Fsp3) is 0.263. The van der Waals surface area contributed by atoms with Gasteiger partial charge in [-0.25, -0.2) is 4.79 Å². The lowest BCUT2D eigenvalue weighted by Crippen LogP contribution is -2.22. The second-order valence-electron chi connectivity index (χ2n) is 5.14. The molecule has 0 aromatic heterocycles. The molecule has 0 saturated heterocycles. The molecule has 0 aliphatic heterocycles. The summed E-state index contributed by atoms with van der Waals surface area (Å²) >= 11 is 0. The van der Waals surface area contributed by atoms with Crippen molar-refractivity contribution < 1.29 is 19.1 Å². The highest BCUT2D eigenvalue weighted by Crippen LogP contribution is 2.26. The largest absolute Gasteiger partial charge is 0.454 e. The zero-order valence-corrected chi connectivity index (χ0v) is 13.3. The van der Waals surface area contributed by atoms with Crippen molar-refractivity contribution in [2.45, 2.75) is 32.5 Å². The van der Waals surface area contributed by atoms with E-state index in [1.807, 2.05) is 43.3 Å². The molecule has 0 heterocycles. The summed E-state index contributed by atoms with van der Waals surface area (Å²) in [5.41, 5.74) is 1.51. The van der Waals surface area contributed by atoms with Gasteiger partial charge in [0.25, 0.3) is 0 Å². The summed E-state index contributed by atoms with van der Waals surface area (Å²) in [4.78, 5) is 23.8. The number of ether oxygens (including phenoxy) is 2. The van der Waals surface area contributed by atoms with Crippen molar-refractivity contribution in [3.63, 3.8) is 0 Å². The first kappa shape index (κ1) is 16.7. The predicted octanol–water partition coefficient (Wildman–Crippen LogP) is 3.99. The molecule has 0 N–H and O–H groups in total. The maximum atomic E-state index is 12.5. The molecule has 0 bridgehead atoms. The van der Waals surface area contributed by atoms with E-state index in [1.165, 1.54) is 6.92 Å². The molecule has 2 atom stereocenters. The summed E-state index contributed by atoms with van der Waals surface area (Å²) in [6.07, 6.45) is -0.783. The van der Waals surface area contributed by atoms with E-state index in [2.05, 4.69) is 0 Å². The van der Waals surface area contributed by atoms with E-state index in [0.29, 0.717) is 12.0 Å². The van der Waals surface area contributed by atoms with Crippen molar-refractivity contribution in [3.05, 3.63) is 71.8 Å². The zero-order chi connectivity index (χ0) is 16.7. The van der Waals surface area contributed by atoms with Gasteiger partial charge in [0.1, 0.15) is 6.10 Å². The monoisotopic (exact) mass is 312 g/mol. The predicted molar refractivity (Wildman–Crippen MR) is 86.5 cm³/mol. The normalized spacial score (nSPS) is 13.0. The smallest absolute Gasteiger partial charge is 0.352 e. The van der Waals surface area contributed by atoms with Crippen LogP contribution in [0.2, 0.25) is 0 Å². The molecule has 0 saturated carbocycles. The molecule has 0 radical (unpaired) electrons. The number of carbonyl (C=O) groups excluding carboxylic acids is 2. The van der Waals surface area contributed by atoms with E-state index >= 15 is 0 Å². The van der Waals surface area contributed by atoms with Gasteiger partial charge in [0, 0.05) is 12.5 Å². The first-order valence-electron chi connectivity index (χ1n) is 7.59. The molecule has 4 nitrogen and oxygen atoms in total. The lowest BCUT2D eigenvalue weighted by Gasteiger charge is -2.21. The Morgan fingerprint density at radius 1 is 0.870 bits per heavy atom. The number of rotatable bonds is 6. The Hall–Kier alpha value is -2.62. The van der Waals surface area contributed by atoms with Gasteiger partial charge in [0.2, 0.25) is 6.10 Å². The molecule has 0 unspecified atom stereocenters. The quantitative estimate of drug-likeness (QED) is 0.757. The van der Waals surface area contributed by atoms with Crippen LogP contribution in [0.1, 0.15) is 43.6 Å². The summed E-state index contributed by atoms with van der Waals surface area (Å²) < 4.78 is 10.8. The zero-order valence-electron chi connectivity index (χ0n) is 13.3. The topological polar surface area (TPSA) is 52.6 Å². The number of benzene rings is 2. The van der Waals surface area contributed by atoms with Gasteiger partial charge >= 0.3 is 11.9 Å². The van der Waals surface area contributed by atoms with Crippen LogP contribution in [0.15, 0.2) is 60.7 Å². The molecule has 0 aliphatic rings. The fourth-order valence-electron chi connectivity index (χ4n) is 2.30. The van der Waals surface area contributed by atoms with Crippen molar-refractivity contribution in [1.82, 2.24) is 0 Å². The lowest BCUT2D eigenvalue weighted by molar-refractivity contribution is -0.171. The van der Waals surface area contributed by atoms with Gasteiger partial charge in [-0.15, -0.1) is 0 Å². The first-order valence-corrected chi connectivity index (χ1v) is 7.59. The Bertz CT molecular complexity index is 637. The molecule has 23 heavy (non-hydrogen) atoms. The van der Waals surface area contributed by atoms with Crippen molar-refractivity contribution in [3.8, 4) is 0 Å². The Morgan fingerprint density at radius 3 is 1.87 bits per heavy atom. The van der Waals surface area contributed by atoms with Crippen LogP contribution in [0.5, 0.6) is 0 Å². The Balaban J connectivity index is 2.18. The Morgan fingerprint density at radius 2 is 1.39 bits per heavy atom. The van der Waals surface area contributed by atoms with Crippen LogP contribution in [0.4, 0.5) is 0 Å². The minimum atomic E-state index is -1.05. The number of hydrogen-bond acceptors (Lipinski definition) is 4.